The van der Waals surface area contributed by atoms with E-state index >= 15 is 0 Å². The summed E-state index contributed by atoms with van der Waals surface area (Å²) in [7, 11) is 4.08. The Morgan fingerprint density at radius 3 is 2.93 bits per heavy atom. The van der Waals surface area contributed by atoms with Gasteiger partial charge in [0.25, 0.3) is 0 Å². The van der Waals surface area contributed by atoms with Gasteiger partial charge < -0.3 is 5.32 Å². The molecule has 2 aliphatic rings. The van der Waals surface area contributed by atoms with E-state index in [-0.39, 0.29) is 0 Å². The first-order valence-electron chi connectivity index (χ1n) is 5.45. The number of rotatable bonds is 1. The molecule has 0 saturated heterocycles. The van der Waals surface area contributed by atoms with E-state index in [0.717, 1.165) is 0 Å². The van der Waals surface area contributed by atoms with Crippen LogP contribution in [-0.4, -0.2) is 16.8 Å². The topological polar surface area (TPSA) is 29.9 Å². The summed E-state index contributed by atoms with van der Waals surface area (Å²) in [4.78, 5) is 0. The molecule has 1 aromatic rings. The van der Waals surface area contributed by atoms with Crippen molar-refractivity contribution in [2.75, 3.05) is 7.05 Å². The van der Waals surface area contributed by atoms with E-state index in [1.165, 1.54) is 36.9 Å². The molecule has 1 heterocycles. The van der Waals surface area contributed by atoms with Crippen LogP contribution in [0.4, 0.5) is 0 Å². The molecule has 1 spiro atoms. The van der Waals surface area contributed by atoms with Crippen LogP contribution < -0.4 is 5.32 Å². The Balaban J connectivity index is 2.05. The van der Waals surface area contributed by atoms with Crippen LogP contribution in [0.1, 0.15) is 36.6 Å². The van der Waals surface area contributed by atoms with Crippen molar-refractivity contribution < 1.29 is 0 Å². The third kappa shape index (κ3) is 0.989. The second-order valence-electron chi connectivity index (χ2n) is 4.80. The molecule has 1 saturated carbocycles. The first-order chi connectivity index (χ1) is 6.75. The Hall–Kier alpha value is -0.830. The molecular weight excluding hydrogens is 174 g/mol. The number of nitrogens with one attached hydrogen (secondary N) is 1. The minimum Gasteiger partial charge on any atom is -0.311 e. The average Bonchev–Trinajstić information content (AvgIpc) is 2.82. The van der Waals surface area contributed by atoms with Crippen LogP contribution in [0.15, 0.2) is 6.20 Å². The largest absolute Gasteiger partial charge is 0.311 e. The third-order valence-electron chi connectivity index (χ3n) is 3.90. The van der Waals surface area contributed by atoms with Crippen LogP contribution >= 0.6 is 0 Å². The molecule has 1 aromatic heterocycles. The molecule has 3 nitrogen and oxygen atoms in total. The Kier molecular flexibility index (Phi) is 1.57. The zero-order valence-corrected chi connectivity index (χ0v) is 8.88. The summed E-state index contributed by atoms with van der Waals surface area (Å²) in [5.74, 6) is 0. The fraction of sp³-hybridized carbons (Fsp3) is 0.727. The summed E-state index contributed by atoms with van der Waals surface area (Å²) < 4.78 is 1.95. The highest BCUT2D eigenvalue weighted by molar-refractivity contribution is 5.29. The van der Waals surface area contributed by atoms with Crippen molar-refractivity contribution in [1.29, 1.82) is 0 Å². The molecule has 1 fully saturated rings. The molecule has 2 aliphatic carbocycles. The lowest BCUT2D eigenvalue weighted by Gasteiger charge is -2.30. The van der Waals surface area contributed by atoms with Gasteiger partial charge in [-0.2, -0.15) is 5.10 Å². The number of hydrogen-bond donors (Lipinski definition) is 1. The van der Waals surface area contributed by atoms with Crippen molar-refractivity contribution >= 4 is 0 Å². The predicted octanol–water partition coefficient (Wildman–Crippen LogP) is 1.41. The van der Waals surface area contributed by atoms with E-state index in [2.05, 4.69) is 23.7 Å². The number of fused-ring (bicyclic) bond motifs is 1. The van der Waals surface area contributed by atoms with Crippen LogP contribution in [0.2, 0.25) is 0 Å². The van der Waals surface area contributed by atoms with Crippen molar-refractivity contribution in [3.05, 3.63) is 17.5 Å². The number of aromatic nitrogens is 2. The molecule has 14 heavy (non-hydrogen) atoms. The third-order valence-corrected chi connectivity index (χ3v) is 3.90. The first kappa shape index (κ1) is 8.48. The van der Waals surface area contributed by atoms with Crippen molar-refractivity contribution in [3.8, 4) is 0 Å². The summed E-state index contributed by atoms with van der Waals surface area (Å²) in [5, 5.41) is 8.04. The van der Waals surface area contributed by atoms with E-state index in [1.54, 1.807) is 0 Å². The number of nitrogens with zero attached hydrogens (tertiary/aromatic N) is 2. The lowest BCUT2D eigenvalue weighted by molar-refractivity contribution is 0.306. The first-order valence-corrected chi connectivity index (χ1v) is 5.45. The normalized spacial score (nSPS) is 27.7. The van der Waals surface area contributed by atoms with E-state index < -0.39 is 0 Å². The summed E-state index contributed by atoms with van der Waals surface area (Å²) in [6.07, 6.45) is 7.51. The molecule has 1 N–H and O–H groups in total. The van der Waals surface area contributed by atoms with E-state index in [1.807, 2.05) is 11.7 Å². The Labute approximate surface area is 84.5 Å². The highest BCUT2D eigenvalue weighted by atomic mass is 15.3. The van der Waals surface area contributed by atoms with Gasteiger partial charge in [-0.05, 0) is 43.7 Å². The maximum Gasteiger partial charge on any atom is 0.0831 e. The zero-order chi connectivity index (χ0) is 9.76. The van der Waals surface area contributed by atoms with Crippen molar-refractivity contribution in [3.63, 3.8) is 0 Å². The van der Waals surface area contributed by atoms with Crippen LogP contribution in [-0.2, 0) is 13.5 Å². The Morgan fingerprint density at radius 1 is 1.50 bits per heavy atom. The summed E-state index contributed by atoms with van der Waals surface area (Å²) >= 11 is 0. The second kappa shape index (κ2) is 2.60. The van der Waals surface area contributed by atoms with Crippen LogP contribution in [0.3, 0.4) is 0 Å². The maximum atomic E-state index is 4.59. The number of aryl methyl sites for hydroxylation is 2. The molecule has 0 aliphatic heterocycles. The smallest absolute Gasteiger partial charge is 0.0831 e. The van der Waals surface area contributed by atoms with Gasteiger partial charge in [-0.1, -0.05) is 0 Å². The highest BCUT2D eigenvalue weighted by Gasteiger charge is 2.52. The molecule has 0 radical (unpaired) electrons. The van der Waals surface area contributed by atoms with Gasteiger partial charge in [-0.15, -0.1) is 0 Å². The minimum absolute atomic E-state index is 0.507. The molecule has 1 unspecified atom stereocenters. The quantitative estimate of drug-likeness (QED) is 0.727. The van der Waals surface area contributed by atoms with Crippen LogP contribution in [0.25, 0.3) is 0 Å². The van der Waals surface area contributed by atoms with Gasteiger partial charge in [-0.25, -0.2) is 0 Å². The van der Waals surface area contributed by atoms with Gasteiger partial charge in [0.1, 0.15) is 0 Å². The summed E-state index contributed by atoms with van der Waals surface area (Å²) in [6, 6.07) is 0.507. The van der Waals surface area contributed by atoms with Gasteiger partial charge in [0.05, 0.1) is 11.7 Å². The molecule has 3 rings (SSSR count). The molecule has 1 atom stereocenters. The summed E-state index contributed by atoms with van der Waals surface area (Å²) in [6.45, 7) is 0. The lowest BCUT2D eigenvalue weighted by atomic mass is 9.81. The Bertz CT molecular complexity index is 363. The molecule has 0 aromatic carbocycles. The fourth-order valence-corrected chi connectivity index (χ4v) is 2.95. The predicted molar refractivity (Wildman–Crippen MR) is 55.0 cm³/mol. The Morgan fingerprint density at radius 2 is 2.29 bits per heavy atom. The molecular formula is C11H17N3. The second-order valence-corrected chi connectivity index (χ2v) is 4.80. The average molecular weight is 191 g/mol. The molecule has 76 valence electrons. The van der Waals surface area contributed by atoms with Gasteiger partial charge in [-0.3, -0.25) is 4.68 Å². The van der Waals surface area contributed by atoms with Gasteiger partial charge in [0, 0.05) is 13.2 Å². The van der Waals surface area contributed by atoms with Gasteiger partial charge in [0.2, 0.25) is 0 Å². The monoisotopic (exact) mass is 191 g/mol. The fourth-order valence-electron chi connectivity index (χ4n) is 2.95. The van der Waals surface area contributed by atoms with Crippen molar-refractivity contribution in [2.45, 2.75) is 31.7 Å². The minimum atomic E-state index is 0.507. The molecule has 3 heteroatoms. The van der Waals surface area contributed by atoms with Crippen LogP contribution in [0.5, 0.6) is 0 Å². The van der Waals surface area contributed by atoms with Crippen LogP contribution in [0, 0.1) is 5.41 Å². The molecule has 0 amide bonds. The standard InChI is InChI=1S/C11H17N3/c1-12-10-9-8(7-14(2)13-9)3-4-11(10)5-6-11/h7,10,12H,3-6H2,1-2H3. The maximum absolute atomic E-state index is 4.59. The van der Waals surface area contributed by atoms with Gasteiger partial charge in [0.15, 0.2) is 0 Å². The van der Waals surface area contributed by atoms with E-state index in [4.69, 9.17) is 0 Å². The number of hydrogen-bond acceptors (Lipinski definition) is 2. The molecule has 0 bridgehead atoms. The highest BCUT2D eigenvalue weighted by Crippen LogP contribution is 2.60. The summed E-state index contributed by atoms with van der Waals surface area (Å²) in [5.41, 5.74) is 3.32. The van der Waals surface area contributed by atoms with Crippen molar-refractivity contribution in [1.82, 2.24) is 15.1 Å². The zero-order valence-electron chi connectivity index (χ0n) is 8.88. The SMILES string of the molecule is CNC1c2nn(C)cc2CCC12CC2. The van der Waals surface area contributed by atoms with E-state index in [0.29, 0.717) is 11.5 Å². The van der Waals surface area contributed by atoms with E-state index in [9.17, 15) is 0 Å². The lowest BCUT2D eigenvalue weighted by Crippen LogP contribution is -2.31. The van der Waals surface area contributed by atoms with Crippen molar-refractivity contribution in [2.24, 2.45) is 12.5 Å². The van der Waals surface area contributed by atoms with Gasteiger partial charge >= 0.3 is 0 Å².